The molecule has 0 fully saturated rings. The molecule has 0 spiro atoms. The van der Waals surface area contributed by atoms with Crippen molar-refractivity contribution >= 4 is 34.4 Å². The number of thioether (sulfide) groups is 1. The number of rotatable bonds is 2. The topological polar surface area (TPSA) is 96.7 Å². The monoisotopic (exact) mass is 325 g/mol. The first-order valence-electron chi connectivity index (χ1n) is 7.34. The smallest absolute Gasteiger partial charge is 0.255 e. The maximum Gasteiger partial charge on any atom is 0.255 e. The van der Waals surface area contributed by atoms with Gasteiger partial charge in [-0.15, -0.1) is 11.8 Å². The lowest BCUT2D eigenvalue weighted by atomic mass is 10.0. The highest BCUT2D eigenvalue weighted by Gasteiger charge is 2.19. The van der Waals surface area contributed by atoms with Gasteiger partial charge >= 0.3 is 0 Å². The number of aromatic amines is 1. The summed E-state index contributed by atoms with van der Waals surface area (Å²) in [6, 6.07) is 7.53. The number of nitrogens with two attached hydrogens (primary N) is 1. The highest BCUT2D eigenvalue weighted by molar-refractivity contribution is 7.99. The lowest BCUT2D eigenvalue weighted by Crippen LogP contribution is -2.17. The molecule has 0 bridgehead atoms. The van der Waals surface area contributed by atoms with Crippen molar-refractivity contribution in [3.63, 3.8) is 0 Å². The van der Waals surface area contributed by atoms with Crippen molar-refractivity contribution in [1.29, 1.82) is 0 Å². The molecule has 6 nitrogen and oxygen atoms in total. The number of H-pyrrole nitrogens is 1. The van der Waals surface area contributed by atoms with E-state index in [1.165, 1.54) is 0 Å². The number of amides is 1. The van der Waals surface area contributed by atoms with E-state index in [9.17, 15) is 4.79 Å². The molecule has 1 amide bonds. The number of nitrogens with one attached hydrogen (secondary N) is 2. The fourth-order valence-electron chi connectivity index (χ4n) is 2.71. The van der Waals surface area contributed by atoms with Gasteiger partial charge in [0, 0.05) is 22.7 Å². The van der Waals surface area contributed by atoms with E-state index in [0.717, 1.165) is 28.0 Å². The van der Waals surface area contributed by atoms with Gasteiger partial charge in [0.2, 0.25) is 0 Å². The van der Waals surface area contributed by atoms with Crippen LogP contribution in [-0.2, 0) is 0 Å². The Hall–Kier alpha value is -2.38. The predicted octanol–water partition coefficient (Wildman–Crippen LogP) is 2.71. The van der Waals surface area contributed by atoms with Crippen LogP contribution in [0.4, 0.5) is 5.69 Å². The fraction of sp³-hybridized carbons (Fsp3) is 0.188. The number of benzene rings is 1. The van der Waals surface area contributed by atoms with Gasteiger partial charge in [-0.2, -0.15) is 5.10 Å². The first kappa shape index (κ1) is 14.2. The van der Waals surface area contributed by atoms with E-state index in [0.29, 0.717) is 16.9 Å². The van der Waals surface area contributed by atoms with E-state index in [2.05, 4.69) is 20.5 Å². The van der Waals surface area contributed by atoms with E-state index < -0.39 is 0 Å². The summed E-state index contributed by atoms with van der Waals surface area (Å²) in [6.45, 7) is 0. The third-order valence-electron chi connectivity index (χ3n) is 3.96. The van der Waals surface area contributed by atoms with Crippen molar-refractivity contribution < 1.29 is 4.79 Å². The summed E-state index contributed by atoms with van der Waals surface area (Å²) in [5, 5.41) is 10.5. The minimum absolute atomic E-state index is 0.0640. The highest BCUT2D eigenvalue weighted by atomic mass is 32.2. The van der Waals surface area contributed by atoms with Crippen molar-refractivity contribution in [2.45, 2.75) is 17.4 Å². The van der Waals surface area contributed by atoms with Gasteiger partial charge in [0.05, 0.1) is 17.3 Å². The molecule has 0 radical (unpaired) electrons. The molecule has 4 N–H and O–H groups in total. The zero-order chi connectivity index (χ0) is 15.8. The molecule has 23 heavy (non-hydrogen) atoms. The summed E-state index contributed by atoms with van der Waals surface area (Å²) in [7, 11) is 0. The molecule has 4 rings (SSSR count). The molecule has 116 valence electrons. The Morgan fingerprint density at radius 2 is 2.30 bits per heavy atom. The van der Waals surface area contributed by atoms with Gasteiger partial charge in [0.15, 0.2) is 5.65 Å². The summed E-state index contributed by atoms with van der Waals surface area (Å²) in [4.78, 5) is 17.8. The minimum atomic E-state index is -0.152. The van der Waals surface area contributed by atoms with E-state index in [-0.39, 0.29) is 11.9 Å². The predicted molar refractivity (Wildman–Crippen MR) is 90.6 cm³/mol. The molecule has 7 heteroatoms. The second-order valence-corrected chi connectivity index (χ2v) is 6.58. The molecule has 0 saturated heterocycles. The van der Waals surface area contributed by atoms with Crippen LogP contribution in [0.1, 0.15) is 28.4 Å². The lowest BCUT2D eigenvalue weighted by molar-refractivity contribution is 0.102. The number of carbonyl (C=O) groups excluding carboxylic acids is 1. The van der Waals surface area contributed by atoms with Gasteiger partial charge in [-0.25, -0.2) is 4.98 Å². The quantitative estimate of drug-likeness (QED) is 0.673. The number of nitrogens with zero attached hydrogens (tertiary/aromatic N) is 2. The molecule has 1 aliphatic rings. The van der Waals surface area contributed by atoms with E-state index in [1.807, 2.05) is 18.2 Å². The van der Waals surface area contributed by atoms with Crippen LogP contribution < -0.4 is 11.1 Å². The maximum atomic E-state index is 12.5. The number of anilines is 1. The lowest BCUT2D eigenvalue weighted by Gasteiger charge is -2.22. The molecule has 3 heterocycles. The molecule has 1 atom stereocenters. The Morgan fingerprint density at radius 3 is 3.22 bits per heavy atom. The van der Waals surface area contributed by atoms with Crippen molar-refractivity contribution in [3.05, 3.63) is 47.8 Å². The SMILES string of the molecule is N[C@@H]1CCSc2cc(C(=O)Nc3ccnc4[nH]ncc34)ccc21. The molecule has 0 aliphatic carbocycles. The second kappa shape index (κ2) is 5.68. The second-order valence-electron chi connectivity index (χ2n) is 5.44. The van der Waals surface area contributed by atoms with Gasteiger partial charge in [0.25, 0.3) is 5.91 Å². The Kier molecular flexibility index (Phi) is 3.51. The molecular formula is C16H15N5OS. The summed E-state index contributed by atoms with van der Waals surface area (Å²) in [5.74, 6) is 0.834. The van der Waals surface area contributed by atoms with Crippen LogP contribution in [0, 0.1) is 0 Å². The largest absolute Gasteiger partial charge is 0.324 e. The van der Waals surface area contributed by atoms with E-state index in [4.69, 9.17) is 5.73 Å². The molecule has 0 saturated carbocycles. The zero-order valence-corrected chi connectivity index (χ0v) is 13.1. The van der Waals surface area contributed by atoms with Crippen molar-refractivity contribution in [2.75, 3.05) is 11.1 Å². The number of fused-ring (bicyclic) bond motifs is 2. The third kappa shape index (κ3) is 2.58. The summed E-state index contributed by atoms with van der Waals surface area (Å²) in [6.07, 6.45) is 4.26. The maximum absolute atomic E-state index is 12.5. The van der Waals surface area contributed by atoms with Gasteiger partial charge in [-0.1, -0.05) is 6.07 Å². The Labute approximate surface area is 136 Å². The molecule has 0 unspecified atom stereocenters. The average molecular weight is 325 g/mol. The highest BCUT2D eigenvalue weighted by Crippen LogP contribution is 2.35. The minimum Gasteiger partial charge on any atom is -0.324 e. The Balaban J connectivity index is 1.63. The molecule has 2 aromatic heterocycles. The molecular weight excluding hydrogens is 310 g/mol. The zero-order valence-electron chi connectivity index (χ0n) is 12.2. The number of hydrogen-bond acceptors (Lipinski definition) is 5. The van der Waals surface area contributed by atoms with Crippen molar-refractivity contribution in [1.82, 2.24) is 15.2 Å². The normalized spacial score (nSPS) is 17.0. The summed E-state index contributed by atoms with van der Waals surface area (Å²) >= 11 is 1.75. The van der Waals surface area contributed by atoms with Gasteiger partial charge in [0.1, 0.15) is 0 Å². The Morgan fingerprint density at radius 1 is 1.39 bits per heavy atom. The average Bonchev–Trinajstić information content (AvgIpc) is 3.04. The van der Waals surface area contributed by atoms with Crippen LogP contribution in [-0.4, -0.2) is 26.8 Å². The number of pyridine rings is 1. The van der Waals surface area contributed by atoms with Gasteiger partial charge in [-0.3, -0.25) is 9.89 Å². The van der Waals surface area contributed by atoms with Gasteiger partial charge < -0.3 is 11.1 Å². The number of carbonyl (C=O) groups is 1. The fourth-order valence-corrected chi connectivity index (χ4v) is 3.90. The van der Waals surface area contributed by atoms with E-state index >= 15 is 0 Å². The first-order valence-corrected chi connectivity index (χ1v) is 8.33. The van der Waals surface area contributed by atoms with Gasteiger partial charge in [-0.05, 0) is 35.9 Å². The Bertz CT molecular complexity index is 891. The van der Waals surface area contributed by atoms with Crippen LogP contribution >= 0.6 is 11.8 Å². The van der Waals surface area contributed by atoms with Crippen LogP contribution in [0.2, 0.25) is 0 Å². The summed E-state index contributed by atoms with van der Waals surface area (Å²) in [5.41, 5.74) is 9.20. The molecule has 1 aliphatic heterocycles. The van der Waals surface area contributed by atoms with Crippen molar-refractivity contribution in [2.24, 2.45) is 5.73 Å². The standard InChI is InChI=1S/C16H15N5OS/c17-12-4-6-23-14-7-9(1-2-10(12)14)16(22)20-13-3-5-18-15-11(13)8-19-21-15/h1-3,5,7-8,12H,4,6,17H2,(H2,18,19,20,21,22)/t12-/m1/s1. The third-order valence-corrected chi connectivity index (χ3v) is 5.07. The van der Waals surface area contributed by atoms with Crippen LogP contribution in [0.5, 0.6) is 0 Å². The molecule has 1 aromatic carbocycles. The summed E-state index contributed by atoms with van der Waals surface area (Å²) < 4.78 is 0. The van der Waals surface area contributed by atoms with Crippen LogP contribution in [0.15, 0.2) is 41.6 Å². The number of hydrogen-bond donors (Lipinski definition) is 3. The number of aromatic nitrogens is 3. The van der Waals surface area contributed by atoms with E-state index in [1.54, 1.807) is 30.2 Å². The van der Waals surface area contributed by atoms with Crippen molar-refractivity contribution in [3.8, 4) is 0 Å². The first-order chi connectivity index (χ1) is 11.2. The van der Waals surface area contributed by atoms with Crippen LogP contribution in [0.25, 0.3) is 11.0 Å². The molecule has 3 aromatic rings. The van der Waals surface area contributed by atoms with Crippen LogP contribution in [0.3, 0.4) is 0 Å².